The molecule has 3 rings (SSSR count). The van der Waals surface area contributed by atoms with Crippen molar-refractivity contribution in [1.29, 1.82) is 0 Å². The summed E-state index contributed by atoms with van der Waals surface area (Å²) in [6, 6.07) is 14.2. The standard InChI is InChI=1S/C29H41N3O5S/c1-22-11-8-15-26(19-22)32(38(4,35)36)18-10-17-28(33)31(21-24-12-9-16-27(20-24)37-3)23(2)29(34)30-25-13-6-5-7-14-25/h8-9,11-12,15-16,19-20,23,25H,5-7,10,13-14,17-18,21H2,1-4H3,(H,30,34)/t23-/m0/s1. The van der Waals surface area contributed by atoms with E-state index in [1.54, 1.807) is 25.0 Å². The summed E-state index contributed by atoms with van der Waals surface area (Å²) in [5.74, 6) is 0.318. The monoisotopic (exact) mass is 543 g/mol. The van der Waals surface area contributed by atoms with Crippen LogP contribution in [0, 0.1) is 6.92 Å². The van der Waals surface area contributed by atoms with Gasteiger partial charge in [0.15, 0.2) is 0 Å². The number of aryl methyl sites for hydroxylation is 1. The number of nitrogens with zero attached hydrogens (tertiary/aromatic N) is 2. The Morgan fingerprint density at radius 1 is 1.08 bits per heavy atom. The van der Waals surface area contributed by atoms with Gasteiger partial charge >= 0.3 is 0 Å². The summed E-state index contributed by atoms with van der Waals surface area (Å²) in [4.78, 5) is 28.3. The fourth-order valence-corrected chi connectivity index (χ4v) is 5.86. The van der Waals surface area contributed by atoms with E-state index in [1.165, 1.54) is 17.0 Å². The van der Waals surface area contributed by atoms with Crippen molar-refractivity contribution >= 4 is 27.5 Å². The Hall–Kier alpha value is -3.07. The summed E-state index contributed by atoms with van der Waals surface area (Å²) in [5, 5.41) is 3.14. The van der Waals surface area contributed by atoms with Crippen LogP contribution < -0.4 is 14.4 Å². The molecule has 2 aromatic rings. The normalized spacial score (nSPS) is 14.9. The smallest absolute Gasteiger partial charge is 0.242 e. The fraction of sp³-hybridized carbons (Fsp3) is 0.517. The summed E-state index contributed by atoms with van der Waals surface area (Å²) in [7, 11) is -1.94. The molecule has 2 aromatic carbocycles. The fourth-order valence-electron chi connectivity index (χ4n) is 4.91. The minimum atomic E-state index is -3.52. The predicted molar refractivity (Wildman–Crippen MR) is 151 cm³/mol. The van der Waals surface area contributed by atoms with Crippen molar-refractivity contribution in [1.82, 2.24) is 10.2 Å². The Labute approximate surface area is 227 Å². The summed E-state index contributed by atoms with van der Waals surface area (Å²) < 4.78 is 31.7. The topological polar surface area (TPSA) is 96.0 Å². The molecule has 1 aliphatic carbocycles. The first-order valence-corrected chi connectivity index (χ1v) is 15.2. The number of benzene rings is 2. The predicted octanol–water partition coefficient (Wildman–Crippen LogP) is 4.42. The molecule has 0 spiro atoms. The van der Waals surface area contributed by atoms with Crippen LogP contribution in [0.2, 0.25) is 0 Å². The van der Waals surface area contributed by atoms with Gasteiger partial charge in [0, 0.05) is 25.6 Å². The Morgan fingerprint density at radius 2 is 1.79 bits per heavy atom. The lowest BCUT2D eigenvalue weighted by Gasteiger charge is -2.31. The quantitative estimate of drug-likeness (QED) is 0.428. The lowest BCUT2D eigenvalue weighted by molar-refractivity contribution is -0.141. The van der Waals surface area contributed by atoms with Crippen molar-refractivity contribution in [2.45, 2.75) is 77.4 Å². The number of carbonyl (C=O) groups excluding carboxylic acids is 2. The van der Waals surface area contributed by atoms with Crippen molar-refractivity contribution in [2.24, 2.45) is 0 Å². The largest absolute Gasteiger partial charge is 0.497 e. The molecule has 0 radical (unpaired) electrons. The molecule has 1 atom stereocenters. The SMILES string of the molecule is COc1cccc(CN(C(=O)CCCN(c2cccc(C)c2)S(C)(=O)=O)[C@@H](C)C(=O)NC2CCCCC2)c1. The van der Waals surface area contributed by atoms with E-state index in [0.29, 0.717) is 17.9 Å². The molecule has 0 unspecified atom stereocenters. The van der Waals surface area contributed by atoms with Gasteiger partial charge in [-0.2, -0.15) is 0 Å². The van der Waals surface area contributed by atoms with E-state index in [2.05, 4.69) is 5.32 Å². The Kier molecular flexibility index (Phi) is 10.6. The molecule has 1 saturated carbocycles. The molecule has 0 bridgehead atoms. The highest BCUT2D eigenvalue weighted by molar-refractivity contribution is 7.92. The molecular weight excluding hydrogens is 502 g/mol. The molecule has 1 fully saturated rings. The van der Waals surface area contributed by atoms with Crippen LogP contribution >= 0.6 is 0 Å². The van der Waals surface area contributed by atoms with Gasteiger partial charge in [0.2, 0.25) is 21.8 Å². The van der Waals surface area contributed by atoms with Crippen LogP contribution in [0.3, 0.4) is 0 Å². The maximum atomic E-state index is 13.5. The second kappa shape index (κ2) is 13.6. The van der Waals surface area contributed by atoms with Crippen molar-refractivity contribution in [3.05, 3.63) is 59.7 Å². The van der Waals surface area contributed by atoms with E-state index >= 15 is 0 Å². The van der Waals surface area contributed by atoms with E-state index < -0.39 is 16.1 Å². The molecule has 208 valence electrons. The maximum absolute atomic E-state index is 13.5. The Bertz CT molecular complexity index is 1190. The van der Waals surface area contributed by atoms with Crippen LogP contribution in [-0.2, 0) is 26.2 Å². The first kappa shape index (κ1) is 29.5. The van der Waals surface area contributed by atoms with E-state index in [4.69, 9.17) is 4.74 Å². The van der Waals surface area contributed by atoms with Gasteiger partial charge in [0.05, 0.1) is 19.1 Å². The zero-order chi connectivity index (χ0) is 27.7. The van der Waals surface area contributed by atoms with Crippen LogP contribution in [0.1, 0.15) is 63.0 Å². The number of hydrogen-bond acceptors (Lipinski definition) is 5. The average molecular weight is 544 g/mol. The minimum absolute atomic E-state index is 0.114. The van der Waals surface area contributed by atoms with E-state index in [-0.39, 0.29) is 37.4 Å². The molecule has 2 amide bonds. The maximum Gasteiger partial charge on any atom is 0.242 e. The number of amides is 2. The molecule has 0 aromatic heterocycles. The van der Waals surface area contributed by atoms with Crippen LogP contribution in [0.25, 0.3) is 0 Å². The Morgan fingerprint density at radius 3 is 2.45 bits per heavy atom. The number of hydrogen-bond donors (Lipinski definition) is 1. The Balaban J connectivity index is 1.73. The third-order valence-corrected chi connectivity index (χ3v) is 8.24. The number of methoxy groups -OCH3 is 1. The molecule has 38 heavy (non-hydrogen) atoms. The number of ether oxygens (including phenoxy) is 1. The number of nitrogens with one attached hydrogen (secondary N) is 1. The zero-order valence-corrected chi connectivity index (χ0v) is 23.8. The third kappa shape index (κ3) is 8.48. The third-order valence-electron chi connectivity index (χ3n) is 7.05. The first-order valence-electron chi connectivity index (χ1n) is 13.4. The second-order valence-corrected chi connectivity index (χ2v) is 12.1. The van der Waals surface area contributed by atoms with Gasteiger partial charge in [-0.25, -0.2) is 8.42 Å². The highest BCUT2D eigenvalue weighted by Crippen LogP contribution is 2.22. The van der Waals surface area contributed by atoms with Gasteiger partial charge in [0.1, 0.15) is 11.8 Å². The molecule has 0 saturated heterocycles. The minimum Gasteiger partial charge on any atom is -0.497 e. The van der Waals surface area contributed by atoms with Crippen LogP contribution in [0.4, 0.5) is 5.69 Å². The second-order valence-electron chi connectivity index (χ2n) is 10.2. The van der Waals surface area contributed by atoms with Gasteiger partial charge < -0.3 is 15.0 Å². The van der Waals surface area contributed by atoms with Crippen LogP contribution in [0.15, 0.2) is 48.5 Å². The summed E-state index contributed by atoms with van der Waals surface area (Å²) in [6.45, 7) is 4.09. The number of sulfonamides is 1. The molecule has 1 aliphatic rings. The van der Waals surface area contributed by atoms with Crippen molar-refractivity contribution in [3.63, 3.8) is 0 Å². The van der Waals surface area contributed by atoms with Gasteiger partial charge in [-0.15, -0.1) is 0 Å². The molecular formula is C29H41N3O5S. The number of rotatable bonds is 12. The summed E-state index contributed by atoms with van der Waals surface area (Å²) in [5.41, 5.74) is 2.38. The van der Waals surface area contributed by atoms with Crippen molar-refractivity contribution in [3.8, 4) is 5.75 Å². The zero-order valence-electron chi connectivity index (χ0n) is 23.0. The lowest BCUT2D eigenvalue weighted by atomic mass is 9.95. The highest BCUT2D eigenvalue weighted by Gasteiger charge is 2.28. The van der Waals surface area contributed by atoms with Gasteiger partial charge in [-0.1, -0.05) is 43.5 Å². The van der Waals surface area contributed by atoms with Gasteiger partial charge in [-0.05, 0) is 68.5 Å². The molecule has 9 heteroatoms. The number of carbonyl (C=O) groups is 2. The van der Waals surface area contributed by atoms with E-state index in [9.17, 15) is 18.0 Å². The average Bonchev–Trinajstić information content (AvgIpc) is 2.89. The summed E-state index contributed by atoms with van der Waals surface area (Å²) >= 11 is 0. The van der Waals surface area contributed by atoms with Gasteiger partial charge in [0.25, 0.3) is 0 Å². The van der Waals surface area contributed by atoms with Gasteiger partial charge in [-0.3, -0.25) is 13.9 Å². The first-order chi connectivity index (χ1) is 18.1. The lowest BCUT2D eigenvalue weighted by Crippen LogP contribution is -2.50. The van der Waals surface area contributed by atoms with Crippen molar-refractivity contribution < 1.29 is 22.7 Å². The highest BCUT2D eigenvalue weighted by atomic mass is 32.2. The van der Waals surface area contributed by atoms with Crippen molar-refractivity contribution in [2.75, 3.05) is 24.2 Å². The molecule has 0 aliphatic heterocycles. The van der Waals surface area contributed by atoms with Crippen LogP contribution in [-0.4, -0.2) is 57.1 Å². The van der Waals surface area contributed by atoms with Crippen LogP contribution in [0.5, 0.6) is 5.75 Å². The molecule has 0 heterocycles. The summed E-state index contributed by atoms with van der Waals surface area (Å²) in [6.07, 6.45) is 6.92. The molecule has 1 N–H and O–H groups in total. The van der Waals surface area contributed by atoms with E-state index in [0.717, 1.165) is 36.8 Å². The molecule has 8 nitrogen and oxygen atoms in total. The van der Waals surface area contributed by atoms with E-state index in [1.807, 2.05) is 49.4 Å². The number of anilines is 1.